The first kappa shape index (κ1) is 16.5. The molecule has 132 valence electrons. The summed E-state index contributed by atoms with van der Waals surface area (Å²) >= 11 is 0. The van der Waals surface area contributed by atoms with Crippen LogP contribution in [0.1, 0.15) is 22.9 Å². The van der Waals surface area contributed by atoms with Gasteiger partial charge in [0.15, 0.2) is 5.43 Å². The number of β-amino-alcohol motifs (C(OH)–C–C–N with tert-alkyl or cyclic N) is 1. The second-order valence-corrected chi connectivity index (χ2v) is 6.74. The van der Waals surface area contributed by atoms with Crippen molar-refractivity contribution in [2.24, 2.45) is 0 Å². The normalized spacial score (nSPS) is 16.5. The number of hydrogen-bond acceptors (Lipinski definition) is 3. The van der Waals surface area contributed by atoms with Crippen molar-refractivity contribution in [3.05, 3.63) is 81.6 Å². The molecule has 0 saturated carbocycles. The molecule has 2 heterocycles. The van der Waals surface area contributed by atoms with Crippen LogP contribution in [0.2, 0.25) is 0 Å². The van der Waals surface area contributed by atoms with Crippen LogP contribution in [0.15, 0.2) is 59.4 Å². The number of aliphatic hydroxyl groups is 1. The molecule has 3 aromatic rings. The molecule has 4 rings (SSSR count). The van der Waals surface area contributed by atoms with Gasteiger partial charge >= 0.3 is 0 Å². The van der Waals surface area contributed by atoms with E-state index in [1.807, 2.05) is 54.0 Å². The lowest BCUT2D eigenvalue weighted by Crippen LogP contribution is -2.40. The molecule has 2 aromatic carbocycles. The van der Waals surface area contributed by atoms with E-state index in [-0.39, 0.29) is 24.4 Å². The molecule has 0 spiro atoms. The Morgan fingerprint density at radius 1 is 1.15 bits per heavy atom. The number of carbonyl (C=O) groups excluding carboxylic acids is 1. The van der Waals surface area contributed by atoms with Gasteiger partial charge in [0.1, 0.15) is 6.54 Å². The third kappa shape index (κ3) is 2.80. The number of para-hydroxylation sites is 1. The topological polar surface area (TPSA) is 62.5 Å². The summed E-state index contributed by atoms with van der Waals surface area (Å²) in [5, 5.41) is 11.0. The van der Waals surface area contributed by atoms with Crippen LogP contribution in [0.3, 0.4) is 0 Å². The van der Waals surface area contributed by atoms with E-state index in [1.165, 1.54) is 0 Å². The first-order chi connectivity index (χ1) is 12.5. The predicted octanol–water partition coefficient (Wildman–Crippen LogP) is 2.39. The fourth-order valence-electron chi connectivity index (χ4n) is 3.67. The largest absolute Gasteiger partial charge is 0.387 e. The zero-order valence-corrected chi connectivity index (χ0v) is 14.6. The molecule has 5 heteroatoms. The number of rotatable bonds is 2. The van der Waals surface area contributed by atoms with E-state index in [0.29, 0.717) is 11.9 Å². The molecule has 0 fully saturated rings. The fraction of sp³-hybridized carbons (Fsp3) is 0.238. The van der Waals surface area contributed by atoms with Crippen LogP contribution < -0.4 is 5.43 Å². The van der Waals surface area contributed by atoms with Gasteiger partial charge in [0, 0.05) is 23.7 Å². The summed E-state index contributed by atoms with van der Waals surface area (Å²) in [5.41, 5.74) is 3.33. The standard InChI is InChI=1S/C21H20N2O3/c1-14-10-19(24)17-8-4-5-9-18(17)23(14)13-21(26)22-11-15-6-2-3-7-16(15)20(25)12-22/h2-10,20,25H,11-13H2,1H3/t20-/m1/s1. The Morgan fingerprint density at radius 2 is 1.88 bits per heavy atom. The molecule has 1 aromatic heterocycles. The van der Waals surface area contributed by atoms with Crippen molar-refractivity contribution in [3.8, 4) is 0 Å². The summed E-state index contributed by atoms with van der Waals surface area (Å²) in [6, 6.07) is 16.5. The number of carbonyl (C=O) groups is 1. The van der Waals surface area contributed by atoms with Gasteiger partial charge in [-0.3, -0.25) is 9.59 Å². The first-order valence-electron chi connectivity index (χ1n) is 8.67. The van der Waals surface area contributed by atoms with Crippen LogP contribution in [0.4, 0.5) is 0 Å². The lowest BCUT2D eigenvalue weighted by molar-refractivity contribution is -0.134. The Kier molecular flexibility index (Phi) is 4.09. The van der Waals surface area contributed by atoms with Crippen LogP contribution in [0.25, 0.3) is 10.9 Å². The second-order valence-electron chi connectivity index (χ2n) is 6.74. The van der Waals surface area contributed by atoms with E-state index in [4.69, 9.17) is 0 Å². The number of aliphatic hydroxyl groups excluding tert-OH is 1. The van der Waals surface area contributed by atoms with Gasteiger partial charge in [-0.1, -0.05) is 36.4 Å². The summed E-state index contributed by atoms with van der Waals surface area (Å²) in [7, 11) is 0. The molecule has 0 unspecified atom stereocenters. The summed E-state index contributed by atoms with van der Waals surface area (Å²) in [6.45, 7) is 2.75. The Balaban J connectivity index is 1.66. The minimum absolute atomic E-state index is 0.0379. The quantitative estimate of drug-likeness (QED) is 0.773. The van der Waals surface area contributed by atoms with Gasteiger partial charge in [-0.2, -0.15) is 0 Å². The highest BCUT2D eigenvalue weighted by atomic mass is 16.3. The molecule has 26 heavy (non-hydrogen) atoms. The maximum atomic E-state index is 12.9. The van der Waals surface area contributed by atoms with Crippen molar-refractivity contribution < 1.29 is 9.90 Å². The number of benzene rings is 2. The molecular weight excluding hydrogens is 328 g/mol. The number of aryl methyl sites for hydroxylation is 1. The van der Waals surface area contributed by atoms with Gasteiger partial charge < -0.3 is 14.6 Å². The van der Waals surface area contributed by atoms with E-state index < -0.39 is 6.10 Å². The van der Waals surface area contributed by atoms with Crippen LogP contribution in [0.5, 0.6) is 0 Å². The van der Waals surface area contributed by atoms with E-state index in [0.717, 1.165) is 22.3 Å². The maximum absolute atomic E-state index is 12.9. The third-order valence-corrected chi connectivity index (χ3v) is 5.04. The highest BCUT2D eigenvalue weighted by molar-refractivity contribution is 5.83. The Hall–Kier alpha value is -2.92. The highest BCUT2D eigenvalue weighted by Crippen LogP contribution is 2.26. The van der Waals surface area contributed by atoms with Crippen molar-refractivity contribution in [2.45, 2.75) is 26.1 Å². The monoisotopic (exact) mass is 348 g/mol. The van der Waals surface area contributed by atoms with E-state index in [2.05, 4.69) is 0 Å². The summed E-state index contributed by atoms with van der Waals surface area (Å²) in [4.78, 5) is 26.8. The van der Waals surface area contributed by atoms with Gasteiger partial charge in [0.25, 0.3) is 0 Å². The van der Waals surface area contributed by atoms with Gasteiger partial charge in [0.2, 0.25) is 5.91 Å². The molecule has 0 aliphatic carbocycles. The third-order valence-electron chi connectivity index (χ3n) is 5.04. The molecule has 1 N–H and O–H groups in total. The van der Waals surface area contributed by atoms with Gasteiger partial charge in [-0.15, -0.1) is 0 Å². The molecule has 1 amide bonds. The van der Waals surface area contributed by atoms with Crippen LogP contribution in [-0.2, 0) is 17.9 Å². The molecule has 0 bridgehead atoms. The molecule has 5 nitrogen and oxygen atoms in total. The molecular formula is C21H20N2O3. The number of fused-ring (bicyclic) bond motifs is 2. The lowest BCUT2D eigenvalue weighted by atomic mass is 9.97. The highest BCUT2D eigenvalue weighted by Gasteiger charge is 2.26. The van der Waals surface area contributed by atoms with Crippen LogP contribution >= 0.6 is 0 Å². The molecule has 1 aliphatic heterocycles. The van der Waals surface area contributed by atoms with Gasteiger partial charge in [0.05, 0.1) is 18.2 Å². The van der Waals surface area contributed by atoms with Crippen molar-refractivity contribution >= 4 is 16.8 Å². The minimum atomic E-state index is -0.671. The number of hydrogen-bond donors (Lipinski definition) is 1. The predicted molar refractivity (Wildman–Crippen MR) is 99.8 cm³/mol. The Bertz CT molecular complexity index is 1050. The zero-order chi connectivity index (χ0) is 18.3. The molecule has 1 aliphatic rings. The smallest absolute Gasteiger partial charge is 0.242 e. The average molecular weight is 348 g/mol. The first-order valence-corrected chi connectivity index (χ1v) is 8.67. The van der Waals surface area contributed by atoms with E-state index >= 15 is 0 Å². The minimum Gasteiger partial charge on any atom is -0.387 e. The molecule has 0 saturated heterocycles. The number of aromatic nitrogens is 1. The van der Waals surface area contributed by atoms with Crippen molar-refractivity contribution in [1.82, 2.24) is 9.47 Å². The van der Waals surface area contributed by atoms with E-state index in [9.17, 15) is 14.7 Å². The summed E-state index contributed by atoms with van der Waals surface area (Å²) in [5.74, 6) is -0.0737. The van der Waals surface area contributed by atoms with Gasteiger partial charge in [-0.05, 0) is 30.2 Å². The van der Waals surface area contributed by atoms with Crippen molar-refractivity contribution in [1.29, 1.82) is 0 Å². The number of pyridine rings is 1. The average Bonchev–Trinajstić information content (AvgIpc) is 2.65. The van der Waals surface area contributed by atoms with E-state index in [1.54, 1.807) is 17.0 Å². The number of amides is 1. The van der Waals surface area contributed by atoms with Crippen molar-refractivity contribution in [3.63, 3.8) is 0 Å². The van der Waals surface area contributed by atoms with Crippen LogP contribution in [-0.4, -0.2) is 27.0 Å². The lowest BCUT2D eigenvalue weighted by Gasteiger charge is -2.32. The fourth-order valence-corrected chi connectivity index (χ4v) is 3.67. The second kappa shape index (κ2) is 6.42. The van der Waals surface area contributed by atoms with Gasteiger partial charge in [-0.25, -0.2) is 0 Å². The Morgan fingerprint density at radius 3 is 2.73 bits per heavy atom. The SMILES string of the molecule is Cc1cc(=O)c2ccccc2n1CC(=O)N1Cc2ccccc2[C@H](O)C1. The Labute approximate surface area is 151 Å². The maximum Gasteiger partial charge on any atom is 0.242 e. The summed E-state index contributed by atoms with van der Waals surface area (Å²) in [6.07, 6.45) is -0.671. The summed E-state index contributed by atoms with van der Waals surface area (Å²) < 4.78 is 1.87. The molecule has 0 radical (unpaired) electrons. The van der Waals surface area contributed by atoms with Crippen LogP contribution in [0, 0.1) is 6.92 Å². The van der Waals surface area contributed by atoms with Crippen molar-refractivity contribution in [2.75, 3.05) is 6.54 Å². The molecule has 1 atom stereocenters. The number of nitrogens with zero attached hydrogens (tertiary/aromatic N) is 2. The zero-order valence-electron chi connectivity index (χ0n) is 14.6.